The molecule has 0 heterocycles. The Morgan fingerprint density at radius 2 is 1.08 bits per heavy atom. The predicted octanol–water partition coefficient (Wildman–Crippen LogP) is 1.13. The van der Waals surface area contributed by atoms with Gasteiger partial charge in [0, 0.05) is 0 Å². The van der Waals surface area contributed by atoms with E-state index in [1.807, 2.05) is 0 Å². The zero-order chi connectivity index (χ0) is 11.1. The molecule has 0 aromatic carbocycles. The Bertz CT molecular complexity index is 183. The van der Waals surface area contributed by atoms with Crippen LogP contribution >= 0.6 is 0 Å². The van der Waals surface area contributed by atoms with E-state index in [-0.39, 0.29) is 0 Å². The monoisotopic (exact) mass is 216 g/mol. The van der Waals surface area contributed by atoms with E-state index in [1.54, 1.807) is 0 Å². The van der Waals surface area contributed by atoms with Gasteiger partial charge in [-0.05, 0) is 0 Å². The van der Waals surface area contributed by atoms with Crippen LogP contribution < -0.4 is 0 Å². The Balaban J connectivity index is 5.04. The lowest BCUT2D eigenvalue weighted by Crippen LogP contribution is -2.57. The molecule has 0 aliphatic heterocycles. The molecule has 0 aromatic heterocycles. The summed E-state index contributed by atoms with van der Waals surface area (Å²) in [5.74, 6) is -12.4. The maximum Gasteiger partial charge on any atom is 0.460 e. The first kappa shape index (κ1) is 12.4. The quantitative estimate of drug-likeness (QED) is 0.536. The topological polar surface area (TPSA) is 40.5 Å². The molecule has 0 aliphatic carbocycles. The fourth-order valence-corrected chi connectivity index (χ4v) is 0.351. The minimum atomic E-state index is -6.54. The summed E-state index contributed by atoms with van der Waals surface area (Å²) in [4.78, 5) is 0. The van der Waals surface area contributed by atoms with Crippen LogP contribution in [0.1, 0.15) is 0 Å². The molecule has 13 heavy (non-hydrogen) atoms. The number of hydrogen-bond acceptors (Lipinski definition) is 2. The van der Waals surface area contributed by atoms with Gasteiger partial charge in [0.2, 0.25) is 6.29 Å². The third-order valence-electron chi connectivity index (χ3n) is 1.10. The van der Waals surface area contributed by atoms with Crippen molar-refractivity contribution in [2.75, 3.05) is 0 Å². The summed E-state index contributed by atoms with van der Waals surface area (Å²) in [5, 5.41) is 15.2. The van der Waals surface area contributed by atoms with Crippen molar-refractivity contribution in [1.29, 1.82) is 0 Å². The van der Waals surface area contributed by atoms with E-state index in [4.69, 9.17) is 10.2 Å². The standard InChI is InChI=1S/C4H3F7O2/c5-2(6,1(12)13)3(7,8)4(9,10)11/h1,12-13H. The van der Waals surface area contributed by atoms with Crippen LogP contribution in [-0.4, -0.2) is 34.5 Å². The van der Waals surface area contributed by atoms with Gasteiger partial charge in [-0.25, -0.2) is 0 Å². The van der Waals surface area contributed by atoms with E-state index < -0.39 is 24.3 Å². The van der Waals surface area contributed by atoms with E-state index in [9.17, 15) is 30.7 Å². The van der Waals surface area contributed by atoms with Crippen LogP contribution in [0, 0.1) is 0 Å². The highest BCUT2D eigenvalue weighted by Gasteiger charge is 2.75. The zero-order valence-electron chi connectivity index (χ0n) is 5.62. The second kappa shape index (κ2) is 2.98. The maximum absolute atomic E-state index is 11.9. The number of halogens is 7. The van der Waals surface area contributed by atoms with Gasteiger partial charge in [-0.3, -0.25) is 0 Å². The molecule has 0 saturated heterocycles. The zero-order valence-corrected chi connectivity index (χ0v) is 5.62. The summed E-state index contributed by atoms with van der Waals surface area (Å²) in [6.45, 7) is 0. The molecule has 2 N–H and O–H groups in total. The molecule has 0 spiro atoms. The van der Waals surface area contributed by atoms with Gasteiger partial charge in [0.1, 0.15) is 0 Å². The Morgan fingerprint density at radius 1 is 0.769 bits per heavy atom. The highest BCUT2D eigenvalue weighted by molar-refractivity contribution is 4.92. The Hall–Kier alpha value is -0.570. The smallest absolute Gasteiger partial charge is 0.363 e. The number of rotatable bonds is 2. The summed E-state index contributed by atoms with van der Waals surface area (Å²) >= 11 is 0. The summed E-state index contributed by atoms with van der Waals surface area (Å²) in [6.07, 6.45) is -10.6. The first-order chi connectivity index (χ1) is 5.44. The molecule has 2 nitrogen and oxygen atoms in total. The highest BCUT2D eigenvalue weighted by atomic mass is 19.4. The molecule has 0 fully saturated rings. The van der Waals surface area contributed by atoms with Crippen molar-refractivity contribution in [3.05, 3.63) is 0 Å². The maximum atomic E-state index is 11.9. The van der Waals surface area contributed by atoms with Crippen LogP contribution in [0.3, 0.4) is 0 Å². The van der Waals surface area contributed by atoms with Gasteiger partial charge in [0.25, 0.3) is 0 Å². The fourth-order valence-electron chi connectivity index (χ4n) is 0.351. The summed E-state index contributed by atoms with van der Waals surface area (Å²) in [7, 11) is 0. The molecule has 0 bridgehead atoms. The largest absolute Gasteiger partial charge is 0.460 e. The second-order valence-corrected chi connectivity index (χ2v) is 2.07. The van der Waals surface area contributed by atoms with Gasteiger partial charge in [-0.1, -0.05) is 0 Å². The molecule has 0 saturated carbocycles. The van der Waals surface area contributed by atoms with Crippen molar-refractivity contribution >= 4 is 0 Å². The van der Waals surface area contributed by atoms with Crippen LogP contribution in [0.15, 0.2) is 0 Å². The van der Waals surface area contributed by atoms with Crippen molar-refractivity contribution in [1.82, 2.24) is 0 Å². The van der Waals surface area contributed by atoms with Gasteiger partial charge in [0.15, 0.2) is 0 Å². The molecule has 0 unspecified atom stereocenters. The molecule has 0 amide bonds. The molecular weight excluding hydrogens is 213 g/mol. The van der Waals surface area contributed by atoms with E-state index in [0.717, 1.165) is 0 Å². The molecule has 0 radical (unpaired) electrons. The van der Waals surface area contributed by atoms with Crippen LogP contribution in [-0.2, 0) is 0 Å². The average molecular weight is 216 g/mol. The third-order valence-corrected chi connectivity index (χ3v) is 1.10. The number of hydrogen-bond donors (Lipinski definition) is 2. The molecule has 9 heteroatoms. The lowest BCUT2D eigenvalue weighted by molar-refractivity contribution is -0.391. The van der Waals surface area contributed by atoms with E-state index >= 15 is 0 Å². The van der Waals surface area contributed by atoms with E-state index in [1.165, 1.54) is 0 Å². The van der Waals surface area contributed by atoms with Crippen molar-refractivity contribution in [3.8, 4) is 0 Å². The van der Waals surface area contributed by atoms with Crippen molar-refractivity contribution in [3.63, 3.8) is 0 Å². The van der Waals surface area contributed by atoms with Crippen LogP contribution in [0.2, 0.25) is 0 Å². The highest BCUT2D eigenvalue weighted by Crippen LogP contribution is 2.47. The molecule has 0 aromatic rings. The minimum Gasteiger partial charge on any atom is -0.363 e. The van der Waals surface area contributed by atoms with Gasteiger partial charge < -0.3 is 10.2 Å². The summed E-state index contributed by atoms with van der Waals surface area (Å²) < 4.78 is 80.9. The molecular formula is C4H3F7O2. The lowest BCUT2D eigenvalue weighted by atomic mass is 10.1. The Kier molecular flexibility index (Phi) is 2.85. The first-order valence-corrected chi connectivity index (χ1v) is 2.63. The van der Waals surface area contributed by atoms with Gasteiger partial charge in [0.05, 0.1) is 0 Å². The van der Waals surface area contributed by atoms with Crippen LogP contribution in [0.4, 0.5) is 30.7 Å². The average Bonchev–Trinajstić information content (AvgIpc) is 1.84. The summed E-state index contributed by atoms with van der Waals surface area (Å²) in [5.41, 5.74) is 0. The Labute approximate surface area is 66.6 Å². The van der Waals surface area contributed by atoms with Gasteiger partial charge in [-0.2, -0.15) is 30.7 Å². The molecule has 80 valence electrons. The van der Waals surface area contributed by atoms with Crippen LogP contribution in [0.5, 0.6) is 0 Å². The van der Waals surface area contributed by atoms with E-state index in [0.29, 0.717) is 0 Å². The normalized spacial score (nSPS) is 15.2. The Morgan fingerprint density at radius 3 is 1.15 bits per heavy atom. The number of aliphatic hydroxyl groups is 2. The molecule has 0 rings (SSSR count). The van der Waals surface area contributed by atoms with E-state index in [2.05, 4.69) is 0 Å². The minimum absolute atomic E-state index is 4.08. The molecule has 0 aliphatic rings. The first-order valence-electron chi connectivity index (χ1n) is 2.63. The predicted molar refractivity (Wildman–Crippen MR) is 24.2 cm³/mol. The van der Waals surface area contributed by atoms with Crippen molar-refractivity contribution < 1.29 is 40.9 Å². The van der Waals surface area contributed by atoms with Gasteiger partial charge in [-0.15, -0.1) is 0 Å². The van der Waals surface area contributed by atoms with Gasteiger partial charge >= 0.3 is 18.0 Å². The second-order valence-electron chi connectivity index (χ2n) is 2.07. The number of aliphatic hydroxyl groups excluding tert-OH is 1. The number of alkyl halides is 7. The SMILES string of the molecule is OC(O)C(F)(F)C(F)(F)C(F)(F)F. The summed E-state index contributed by atoms with van der Waals surface area (Å²) in [6, 6.07) is 0. The molecule has 0 atom stereocenters. The van der Waals surface area contributed by atoms with Crippen molar-refractivity contribution in [2.45, 2.75) is 24.3 Å². The third kappa shape index (κ3) is 1.85. The lowest BCUT2D eigenvalue weighted by Gasteiger charge is -2.28. The fraction of sp³-hybridized carbons (Fsp3) is 1.00. The van der Waals surface area contributed by atoms with Crippen molar-refractivity contribution in [2.24, 2.45) is 0 Å². The van der Waals surface area contributed by atoms with Crippen LogP contribution in [0.25, 0.3) is 0 Å².